The highest BCUT2D eigenvalue weighted by molar-refractivity contribution is 4.98. The van der Waals surface area contributed by atoms with Gasteiger partial charge in [0.05, 0.1) is 0 Å². The van der Waals surface area contributed by atoms with Crippen molar-refractivity contribution in [3.05, 3.63) is 0 Å². The first kappa shape index (κ1) is 9.47. The molecule has 1 heterocycles. The van der Waals surface area contributed by atoms with Crippen molar-refractivity contribution in [2.24, 2.45) is 5.92 Å². The zero-order valence-corrected chi connectivity index (χ0v) is 9.01. The first-order chi connectivity index (χ1) is 6.18. The van der Waals surface area contributed by atoms with Crippen LogP contribution in [0, 0.1) is 5.92 Å². The minimum Gasteiger partial charge on any atom is -0.308 e. The number of fused-ring (bicyclic) bond motifs is 1. The Kier molecular flexibility index (Phi) is 2.61. The number of hydrogen-bond acceptors (Lipinski definition) is 2. The molecule has 2 nitrogen and oxygen atoms in total. The van der Waals surface area contributed by atoms with Crippen LogP contribution in [0.25, 0.3) is 0 Å². The second kappa shape index (κ2) is 3.58. The molecule has 5 unspecified atom stereocenters. The molecular formula is C11H22N2. The van der Waals surface area contributed by atoms with Gasteiger partial charge in [0.15, 0.2) is 0 Å². The Morgan fingerprint density at radius 2 is 1.62 bits per heavy atom. The first-order valence-corrected chi connectivity index (χ1v) is 5.70. The average Bonchev–Trinajstić information content (AvgIpc) is 2.09. The third kappa shape index (κ3) is 1.75. The Hall–Kier alpha value is -0.0800. The van der Waals surface area contributed by atoms with Crippen molar-refractivity contribution in [2.75, 3.05) is 0 Å². The van der Waals surface area contributed by atoms with Gasteiger partial charge in [0.2, 0.25) is 0 Å². The molecule has 1 aliphatic carbocycles. The summed E-state index contributed by atoms with van der Waals surface area (Å²) < 4.78 is 0. The number of nitrogens with one attached hydrogen (secondary N) is 2. The molecule has 0 aromatic carbocycles. The minimum atomic E-state index is 0.627. The quantitative estimate of drug-likeness (QED) is 0.593. The van der Waals surface area contributed by atoms with Crippen molar-refractivity contribution in [1.82, 2.24) is 10.6 Å². The van der Waals surface area contributed by atoms with Crippen LogP contribution in [0.3, 0.4) is 0 Å². The summed E-state index contributed by atoms with van der Waals surface area (Å²) in [5.74, 6) is 0.848. The third-order valence-corrected chi connectivity index (χ3v) is 3.90. The molecule has 0 aromatic rings. The van der Waals surface area contributed by atoms with Gasteiger partial charge >= 0.3 is 0 Å². The molecule has 2 fully saturated rings. The van der Waals surface area contributed by atoms with E-state index in [1.165, 1.54) is 19.3 Å². The van der Waals surface area contributed by atoms with Crippen molar-refractivity contribution < 1.29 is 0 Å². The van der Waals surface area contributed by atoms with Gasteiger partial charge in [-0.05, 0) is 32.6 Å². The second-order valence-corrected chi connectivity index (χ2v) is 4.95. The van der Waals surface area contributed by atoms with Crippen molar-refractivity contribution in [3.8, 4) is 0 Å². The highest BCUT2D eigenvalue weighted by atomic mass is 15.1. The van der Waals surface area contributed by atoms with Crippen molar-refractivity contribution in [1.29, 1.82) is 0 Å². The maximum Gasteiger partial charge on any atom is 0.0250 e. The van der Waals surface area contributed by atoms with Gasteiger partial charge in [-0.15, -0.1) is 0 Å². The number of piperazine rings is 1. The van der Waals surface area contributed by atoms with E-state index >= 15 is 0 Å². The lowest BCUT2D eigenvalue weighted by molar-refractivity contribution is 0.140. The maximum atomic E-state index is 3.76. The van der Waals surface area contributed by atoms with E-state index in [4.69, 9.17) is 0 Å². The second-order valence-electron chi connectivity index (χ2n) is 4.95. The molecule has 2 heteroatoms. The lowest BCUT2D eigenvalue weighted by atomic mass is 9.79. The molecule has 76 valence electrons. The Balaban J connectivity index is 2.04. The van der Waals surface area contributed by atoms with Crippen LogP contribution >= 0.6 is 0 Å². The maximum absolute atomic E-state index is 3.76. The van der Waals surface area contributed by atoms with Crippen LogP contribution in [-0.2, 0) is 0 Å². The van der Waals surface area contributed by atoms with Gasteiger partial charge in [0.25, 0.3) is 0 Å². The Bertz CT molecular complexity index is 181. The zero-order chi connectivity index (χ0) is 9.42. The predicted octanol–water partition coefficient (Wildman–Crippen LogP) is 1.51. The standard InChI is InChI=1S/C11H22N2/c1-7-5-4-6-10-11(7)13-9(3)8(2)12-10/h7-13H,4-6H2,1-3H3. The molecule has 13 heavy (non-hydrogen) atoms. The Morgan fingerprint density at radius 3 is 2.38 bits per heavy atom. The van der Waals surface area contributed by atoms with E-state index in [1.54, 1.807) is 0 Å². The van der Waals surface area contributed by atoms with Crippen LogP contribution in [0.4, 0.5) is 0 Å². The molecule has 0 aromatic heterocycles. The van der Waals surface area contributed by atoms with Gasteiger partial charge < -0.3 is 10.6 Å². The monoisotopic (exact) mass is 182 g/mol. The molecular weight excluding hydrogens is 160 g/mol. The topological polar surface area (TPSA) is 24.1 Å². The van der Waals surface area contributed by atoms with Crippen molar-refractivity contribution in [3.63, 3.8) is 0 Å². The summed E-state index contributed by atoms with van der Waals surface area (Å²) in [7, 11) is 0. The molecule has 0 amide bonds. The van der Waals surface area contributed by atoms with E-state index in [0.29, 0.717) is 12.1 Å². The van der Waals surface area contributed by atoms with E-state index in [9.17, 15) is 0 Å². The summed E-state index contributed by atoms with van der Waals surface area (Å²) >= 11 is 0. The Labute approximate surface area is 81.5 Å². The third-order valence-electron chi connectivity index (χ3n) is 3.90. The van der Waals surface area contributed by atoms with Gasteiger partial charge in [-0.2, -0.15) is 0 Å². The van der Waals surface area contributed by atoms with Gasteiger partial charge in [-0.25, -0.2) is 0 Å². The minimum absolute atomic E-state index is 0.627. The van der Waals surface area contributed by atoms with Gasteiger partial charge in [0.1, 0.15) is 0 Å². The summed E-state index contributed by atoms with van der Waals surface area (Å²) in [6.45, 7) is 6.95. The van der Waals surface area contributed by atoms with Crippen LogP contribution < -0.4 is 10.6 Å². The van der Waals surface area contributed by atoms with Gasteiger partial charge in [0, 0.05) is 24.2 Å². The summed E-state index contributed by atoms with van der Waals surface area (Å²) in [4.78, 5) is 0. The van der Waals surface area contributed by atoms with Crippen molar-refractivity contribution >= 4 is 0 Å². The number of rotatable bonds is 0. The fraction of sp³-hybridized carbons (Fsp3) is 1.00. The van der Waals surface area contributed by atoms with E-state index in [-0.39, 0.29) is 0 Å². The molecule has 0 bridgehead atoms. The molecule has 5 atom stereocenters. The van der Waals surface area contributed by atoms with Crippen LogP contribution in [0.2, 0.25) is 0 Å². The van der Waals surface area contributed by atoms with Crippen LogP contribution in [-0.4, -0.2) is 24.2 Å². The fourth-order valence-electron chi connectivity index (χ4n) is 2.81. The average molecular weight is 182 g/mol. The summed E-state index contributed by atoms with van der Waals surface area (Å²) in [6, 6.07) is 2.71. The smallest absolute Gasteiger partial charge is 0.0250 e. The van der Waals surface area contributed by atoms with Crippen LogP contribution in [0.5, 0.6) is 0 Å². The lowest BCUT2D eigenvalue weighted by Crippen LogP contribution is -2.66. The molecule has 2 rings (SSSR count). The highest BCUT2D eigenvalue weighted by Crippen LogP contribution is 2.27. The first-order valence-electron chi connectivity index (χ1n) is 5.70. The highest BCUT2D eigenvalue weighted by Gasteiger charge is 2.36. The van der Waals surface area contributed by atoms with E-state index in [0.717, 1.165) is 18.0 Å². The zero-order valence-electron chi connectivity index (χ0n) is 9.01. The van der Waals surface area contributed by atoms with E-state index in [2.05, 4.69) is 31.4 Å². The van der Waals surface area contributed by atoms with Crippen LogP contribution in [0.1, 0.15) is 40.0 Å². The molecule has 1 saturated heterocycles. The van der Waals surface area contributed by atoms with Crippen LogP contribution in [0.15, 0.2) is 0 Å². The van der Waals surface area contributed by atoms with E-state index in [1.807, 2.05) is 0 Å². The summed E-state index contributed by atoms with van der Waals surface area (Å²) in [5, 5.41) is 7.49. The molecule has 0 radical (unpaired) electrons. The van der Waals surface area contributed by atoms with Gasteiger partial charge in [-0.1, -0.05) is 13.3 Å². The summed E-state index contributed by atoms with van der Waals surface area (Å²) in [5.41, 5.74) is 0. The lowest BCUT2D eigenvalue weighted by Gasteiger charge is -2.46. The van der Waals surface area contributed by atoms with Gasteiger partial charge in [-0.3, -0.25) is 0 Å². The van der Waals surface area contributed by atoms with E-state index < -0.39 is 0 Å². The SMILES string of the molecule is CC1CCCC2NC(C)C(C)NC12. The predicted molar refractivity (Wildman–Crippen MR) is 55.8 cm³/mol. The molecule has 2 N–H and O–H groups in total. The molecule has 2 aliphatic rings. The van der Waals surface area contributed by atoms with Crippen molar-refractivity contribution in [2.45, 2.75) is 64.2 Å². The molecule has 0 spiro atoms. The molecule has 1 saturated carbocycles. The Morgan fingerprint density at radius 1 is 0.923 bits per heavy atom. The normalized spacial score (nSPS) is 51.5. The summed E-state index contributed by atoms with van der Waals surface area (Å²) in [6.07, 6.45) is 4.16. The molecule has 1 aliphatic heterocycles. The fourth-order valence-corrected chi connectivity index (χ4v) is 2.81. The largest absolute Gasteiger partial charge is 0.308 e. The number of hydrogen-bond donors (Lipinski definition) is 2.